The molecule has 0 bridgehead atoms. The lowest BCUT2D eigenvalue weighted by Crippen LogP contribution is -2.27. The number of carbonyl (C=O) groups excluding carboxylic acids is 1. The average molecular weight is 493 g/mol. The van der Waals surface area contributed by atoms with Crippen molar-refractivity contribution in [2.24, 2.45) is 0 Å². The number of aryl methyl sites for hydroxylation is 1. The Morgan fingerprint density at radius 3 is 2.81 bits per heavy atom. The van der Waals surface area contributed by atoms with E-state index >= 15 is 0 Å². The van der Waals surface area contributed by atoms with Crippen LogP contribution in [0.4, 0.5) is 5.69 Å². The van der Waals surface area contributed by atoms with E-state index in [2.05, 4.69) is 35.5 Å². The van der Waals surface area contributed by atoms with Crippen LogP contribution in [0.25, 0.3) is 50.4 Å². The minimum absolute atomic E-state index is 0.111. The summed E-state index contributed by atoms with van der Waals surface area (Å²) in [6.07, 6.45) is 8.82. The maximum atomic E-state index is 12.2. The number of nitrogens with one attached hydrogen (secondary N) is 3. The van der Waals surface area contributed by atoms with Crippen LogP contribution >= 0.6 is 0 Å². The zero-order valence-corrected chi connectivity index (χ0v) is 20.5. The molecule has 1 aromatic carbocycles. The lowest BCUT2D eigenvalue weighted by molar-refractivity contribution is -0.116. The molecule has 0 radical (unpaired) electrons. The molecule has 37 heavy (non-hydrogen) atoms. The van der Waals surface area contributed by atoms with Gasteiger partial charge >= 0.3 is 0 Å². The van der Waals surface area contributed by atoms with Gasteiger partial charge in [0.2, 0.25) is 5.91 Å². The largest absolute Gasteiger partial charge is 0.336 e. The molecule has 11 heteroatoms. The van der Waals surface area contributed by atoms with Gasteiger partial charge in [-0.25, -0.2) is 9.97 Å². The molecule has 11 nitrogen and oxygen atoms in total. The summed E-state index contributed by atoms with van der Waals surface area (Å²) < 4.78 is 1.96. The number of nitrogens with zero attached hydrogens (tertiary/aromatic N) is 7. The number of aromatic nitrogens is 8. The third-order valence-corrected chi connectivity index (χ3v) is 5.93. The van der Waals surface area contributed by atoms with Gasteiger partial charge in [-0.2, -0.15) is 5.10 Å². The molecular weight excluding hydrogens is 468 g/mol. The van der Waals surface area contributed by atoms with E-state index in [0.717, 1.165) is 38.9 Å². The zero-order valence-electron chi connectivity index (χ0n) is 20.5. The Morgan fingerprint density at radius 2 is 2.00 bits per heavy atom. The molecule has 5 heterocycles. The summed E-state index contributed by atoms with van der Waals surface area (Å²) in [5, 5.41) is 11.3. The molecule has 3 N–H and O–H groups in total. The monoisotopic (exact) mass is 492 g/mol. The first-order valence-corrected chi connectivity index (χ1v) is 11.7. The van der Waals surface area contributed by atoms with Crippen molar-refractivity contribution in [1.82, 2.24) is 44.6 Å². The summed E-state index contributed by atoms with van der Waals surface area (Å²) in [4.78, 5) is 35.5. The smallest absolute Gasteiger partial charge is 0.238 e. The third-order valence-electron chi connectivity index (χ3n) is 5.93. The van der Waals surface area contributed by atoms with Crippen LogP contribution in [0.1, 0.15) is 5.69 Å². The van der Waals surface area contributed by atoms with Gasteiger partial charge in [0.25, 0.3) is 0 Å². The van der Waals surface area contributed by atoms with E-state index < -0.39 is 0 Å². The van der Waals surface area contributed by atoms with E-state index in [1.165, 1.54) is 0 Å². The van der Waals surface area contributed by atoms with Gasteiger partial charge in [-0.05, 0) is 45.3 Å². The van der Waals surface area contributed by atoms with Gasteiger partial charge in [0.1, 0.15) is 11.2 Å². The number of anilines is 1. The average Bonchev–Trinajstić information content (AvgIpc) is 3.60. The fraction of sp³-hybridized carbons (Fsp3) is 0.154. The zero-order chi connectivity index (χ0) is 25.5. The Morgan fingerprint density at radius 1 is 1.11 bits per heavy atom. The summed E-state index contributed by atoms with van der Waals surface area (Å²) in [5.41, 5.74) is 7.15. The normalized spacial score (nSPS) is 11.6. The van der Waals surface area contributed by atoms with E-state index in [9.17, 15) is 4.79 Å². The first-order chi connectivity index (χ1) is 17.9. The van der Waals surface area contributed by atoms with Gasteiger partial charge in [0.05, 0.1) is 59.1 Å². The van der Waals surface area contributed by atoms with Crippen LogP contribution in [-0.2, 0) is 4.79 Å². The first kappa shape index (κ1) is 22.6. The molecule has 0 aliphatic heterocycles. The van der Waals surface area contributed by atoms with Crippen molar-refractivity contribution in [3.05, 3.63) is 67.1 Å². The number of pyridine rings is 2. The Labute approximate surface area is 211 Å². The summed E-state index contributed by atoms with van der Waals surface area (Å²) in [5.74, 6) is 0.533. The van der Waals surface area contributed by atoms with E-state index in [4.69, 9.17) is 4.98 Å². The summed E-state index contributed by atoms with van der Waals surface area (Å²) in [6.45, 7) is 2.24. The fourth-order valence-electron chi connectivity index (χ4n) is 4.28. The summed E-state index contributed by atoms with van der Waals surface area (Å²) in [7, 11) is 3.69. The van der Waals surface area contributed by atoms with Crippen molar-refractivity contribution >= 4 is 33.5 Å². The Balaban J connectivity index is 1.38. The van der Waals surface area contributed by atoms with Crippen LogP contribution in [0.5, 0.6) is 0 Å². The van der Waals surface area contributed by atoms with Gasteiger partial charge in [-0.15, -0.1) is 0 Å². The maximum absolute atomic E-state index is 12.2. The number of fused-ring (bicyclic) bond motifs is 2. The van der Waals surface area contributed by atoms with Gasteiger partial charge in [-0.3, -0.25) is 19.9 Å². The predicted octanol–water partition coefficient (Wildman–Crippen LogP) is 3.56. The molecule has 0 atom stereocenters. The molecule has 184 valence electrons. The first-order valence-electron chi connectivity index (χ1n) is 11.7. The number of amides is 1. The summed E-state index contributed by atoms with van der Waals surface area (Å²) in [6, 6.07) is 9.79. The third kappa shape index (κ3) is 4.32. The van der Waals surface area contributed by atoms with Crippen molar-refractivity contribution in [2.45, 2.75) is 6.92 Å². The van der Waals surface area contributed by atoms with Crippen LogP contribution in [-0.4, -0.2) is 71.1 Å². The number of rotatable bonds is 6. The molecule has 5 aromatic heterocycles. The second kappa shape index (κ2) is 8.95. The lowest BCUT2D eigenvalue weighted by Gasteiger charge is -2.10. The van der Waals surface area contributed by atoms with Crippen LogP contribution in [0.2, 0.25) is 0 Å². The topological polar surface area (TPSA) is 133 Å². The highest BCUT2D eigenvalue weighted by molar-refractivity contribution is 5.96. The highest BCUT2D eigenvalue weighted by atomic mass is 16.2. The Hall–Kier alpha value is -4.90. The van der Waals surface area contributed by atoms with Crippen LogP contribution < -0.4 is 5.32 Å². The molecule has 0 aliphatic rings. The second-order valence-corrected chi connectivity index (χ2v) is 9.12. The van der Waals surface area contributed by atoms with E-state index in [-0.39, 0.29) is 12.5 Å². The predicted molar refractivity (Wildman–Crippen MR) is 141 cm³/mol. The van der Waals surface area contributed by atoms with Crippen molar-refractivity contribution < 1.29 is 4.79 Å². The van der Waals surface area contributed by atoms with Crippen LogP contribution in [0, 0.1) is 6.92 Å². The molecule has 0 spiro atoms. The molecule has 0 aliphatic carbocycles. The van der Waals surface area contributed by atoms with E-state index in [1.807, 2.05) is 62.1 Å². The van der Waals surface area contributed by atoms with Gasteiger partial charge in [0, 0.05) is 23.3 Å². The molecule has 0 fully saturated rings. The molecule has 1 amide bonds. The van der Waals surface area contributed by atoms with E-state index in [0.29, 0.717) is 22.9 Å². The highest BCUT2D eigenvalue weighted by Crippen LogP contribution is 2.31. The van der Waals surface area contributed by atoms with Gasteiger partial charge in [-0.1, -0.05) is 6.07 Å². The number of aromatic amines is 2. The number of imidazole rings is 2. The standard InChI is InChI=1S/C26H24N10O/c1-15-12-36(14-29-15)22-6-4-5-19-25(22)32-26(31-19)24-18-8-20(28-11-21(18)33-34-24)16-7-17(10-27-9-16)30-23(37)13-35(2)3/h4-12,14H,13H2,1-3H3,(H,30,37)(H,31,32)(H,33,34). The lowest BCUT2D eigenvalue weighted by atomic mass is 10.1. The van der Waals surface area contributed by atoms with Crippen molar-refractivity contribution in [3.8, 4) is 28.5 Å². The minimum Gasteiger partial charge on any atom is -0.336 e. The minimum atomic E-state index is -0.111. The van der Waals surface area contributed by atoms with Crippen molar-refractivity contribution in [1.29, 1.82) is 0 Å². The quantitative estimate of drug-likeness (QED) is 0.324. The number of benzene rings is 1. The molecule has 0 saturated heterocycles. The number of H-pyrrole nitrogens is 2. The Kier molecular flexibility index (Phi) is 5.46. The number of hydrogen-bond donors (Lipinski definition) is 3. The van der Waals surface area contributed by atoms with Gasteiger partial charge in [0.15, 0.2) is 5.82 Å². The number of hydrogen-bond acceptors (Lipinski definition) is 7. The Bertz CT molecular complexity index is 1760. The number of para-hydroxylation sites is 1. The maximum Gasteiger partial charge on any atom is 0.238 e. The van der Waals surface area contributed by atoms with Crippen LogP contribution in [0.3, 0.4) is 0 Å². The van der Waals surface area contributed by atoms with Crippen molar-refractivity contribution in [3.63, 3.8) is 0 Å². The fourth-order valence-corrected chi connectivity index (χ4v) is 4.28. The van der Waals surface area contributed by atoms with Crippen LogP contribution in [0.15, 0.2) is 61.4 Å². The SMILES string of the molecule is Cc1cn(-c2cccc3[nH]c(-c4n[nH]c5cnc(-c6cncc(NC(=O)CN(C)C)c6)cc45)nc23)cn1. The summed E-state index contributed by atoms with van der Waals surface area (Å²) >= 11 is 0. The molecule has 6 rings (SSSR count). The number of likely N-dealkylation sites (N-methyl/N-ethyl adjacent to an activating group) is 1. The number of carbonyl (C=O) groups is 1. The van der Waals surface area contributed by atoms with E-state index in [1.54, 1.807) is 29.8 Å². The molecular formula is C26H24N10O. The van der Waals surface area contributed by atoms with Gasteiger partial charge < -0.3 is 19.8 Å². The molecule has 0 saturated carbocycles. The van der Waals surface area contributed by atoms with Crippen molar-refractivity contribution in [2.75, 3.05) is 26.0 Å². The molecule has 0 unspecified atom stereocenters. The molecule has 6 aromatic rings. The second-order valence-electron chi connectivity index (χ2n) is 9.12. The highest BCUT2D eigenvalue weighted by Gasteiger charge is 2.16.